The van der Waals surface area contributed by atoms with Crippen LogP contribution >= 0.6 is 11.8 Å². The number of urea groups is 1. The van der Waals surface area contributed by atoms with Crippen molar-refractivity contribution < 1.29 is 9.59 Å². The number of pyridine rings is 1. The molecule has 1 aromatic carbocycles. The molecule has 8 nitrogen and oxygen atoms in total. The van der Waals surface area contributed by atoms with E-state index in [1.807, 2.05) is 6.07 Å². The number of para-hydroxylation sites is 1. The second-order valence-electron chi connectivity index (χ2n) is 6.27. The summed E-state index contributed by atoms with van der Waals surface area (Å²) in [4.78, 5) is 45.7. The van der Waals surface area contributed by atoms with E-state index in [-0.39, 0.29) is 12.1 Å². The standard InChI is InChI=1S/C20H21N5O3S/c1-3-22-19(28)24-17(26)13(2)29-20-23-16-9-5-4-8-15(16)18(27)25(20)12-14-7-6-10-21-11-14/h4-11,13H,3,12H2,1-2H3,(H2,22,24,26,28). The summed E-state index contributed by atoms with van der Waals surface area (Å²) in [7, 11) is 0. The van der Waals surface area contributed by atoms with Crippen LogP contribution in [0.15, 0.2) is 58.7 Å². The number of hydrogen-bond acceptors (Lipinski definition) is 6. The maximum atomic E-state index is 13.1. The van der Waals surface area contributed by atoms with Gasteiger partial charge in [0.1, 0.15) is 0 Å². The Balaban J connectivity index is 1.95. The van der Waals surface area contributed by atoms with Gasteiger partial charge in [-0.2, -0.15) is 0 Å². The molecule has 3 aromatic rings. The number of carbonyl (C=O) groups is 2. The van der Waals surface area contributed by atoms with Crippen LogP contribution in [0.5, 0.6) is 0 Å². The van der Waals surface area contributed by atoms with E-state index in [0.717, 1.165) is 17.3 Å². The van der Waals surface area contributed by atoms with E-state index in [1.54, 1.807) is 56.6 Å². The molecule has 0 aliphatic heterocycles. The van der Waals surface area contributed by atoms with E-state index in [1.165, 1.54) is 4.57 Å². The molecule has 0 aliphatic rings. The normalized spacial score (nSPS) is 11.8. The lowest BCUT2D eigenvalue weighted by Gasteiger charge is -2.16. The number of amides is 3. The number of fused-ring (bicyclic) bond motifs is 1. The molecule has 0 aliphatic carbocycles. The number of rotatable bonds is 6. The first-order chi connectivity index (χ1) is 14.0. The van der Waals surface area contributed by atoms with E-state index in [0.29, 0.717) is 22.6 Å². The Morgan fingerprint density at radius 2 is 2.00 bits per heavy atom. The second-order valence-corrected chi connectivity index (χ2v) is 7.58. The van der Waals surface area contributed by atoms with Crippen LogP contribution in [0.2, 0.25) is 0 Å². The molecule has 1 unspecified atom stereocenters. The summed E-state index contributed by atoms with van der Waals surface area (Å²) in [6.07, 6.45) is 3.34. The quantitative estimate of drug-likeness (QED) is 0.476. The van der Waals surface area contributed by atoms with Crippen molar-refractivity contribution in [2.75, 3.05) is 6.54 Å². The van der Waals surface area contributed by atoms with Gasteiger partial charge in [-0.05, 0) is 37.6 Å². The summed E-state index contributed by atoms with van der Waals surface area (Å²) in [5.74, 6) is -0.462. The maximum absolute atomic E-state index is 13.1. The van der Waals surface area contributed by atoms with E-state index < -0.39 is 17.2 Å². The number of imide groups is 1. The third-order valence-electron chi connectivity index (χ3n) is 4.12. The molecule has 2 N–H and O–H groups in total. The molecule has 29 heavy (non-hydrogen) atoms. The van der Waals surface area contributed by atoms with Crippen molar-refractivity contribution >= 4 is 34.6 Å². The first-order valence-electron chi connectivity index (χ1n) is 9.13. The summed E-state index contributed by atoms with van der Waals surface area (Å²) < 4.78 is 1.53. The number of nitrogens with zero attached hydrogens (tertiary/aromatic N) is 3. The van der Waals surface area contributed by atoms with Crippen LogP contribution in [0, 0.1) is 0 Å². The SMILES string of the molecule is CCNC(=O)NC(=O)C(C)Sc1nc2ccccc2c(=O)n1Cc1cccnc1. The number of hydrogen-bond donors (Lipinski definition) is 2. The van der Waals surface area contributed by atoms with Crippen LogP contribution in [-0.2, 0) is 11.3 Å². The van der Waals surface area contributed by atoms with Crippen LogP contribution in [0.4, 0.5) is 4.79 Å². The number of thioether (sulfide) groups is 1. The molecule has 0 saturated carbocycles. The van der Waals surface area contributed by atoms with Crippen molar-refractivity contribution in [3.8, 4) is 0 Å². The van der Waals surface area contributed by atoms with Gasteiger partial charge < -0.3 is 5.32 Å². The van der Waals surface area contributed by atoms with Crippen molar-refractivity contribution in [2.45, 2.75) is 30.8 Å². The predicted molar refractivity (Wildman–Crippen MR) is 112 cm³/mol. The zero-order valence-electron chi connectivity index (χ0n) is 16.1. The van der Waals surface area contributed by atoms with Crippen LogP contribution in [0.25, 0.3) is 10.9 Å². The van der Waals surface area contributed by atoms with Crippen molar-refractivity contribution in [3.05, 3.63) is 64.7 Å². The second kappa shape index (κ2) is 9.33. The highest BCUT2D eigenvalue weighted by Crippen LogP contribution is 2.23. The summed E-state index contributed by atoms with van der Waals surface area (Å²) in [6, 6.07) is 10.2. The zero-order chi connectivity index (χ0) is 20.8. The molecule has 2 heterocycles. The Morgan fingerprint density at radius 3 is 2.72 bits per heavy atom. The molecule has 0 fully saturated rings. The van der Waals surface area contributed by atoms with Gasteiger partial charge in [0.15, 0.2) is 5.16 Å². The molecule has 3 amide bonds. The Morgan fingerprint density at radius 1 is 1.21 bits per heavy atom. The first-order valence-corrected chi connectivity index (χ1v) is 10.0. The summed E-state index contributed by atoms with van der Waals surface area (Å²) in [5, 5.41) is 5.07. The Labute approximate surface area is 171 Å². The lowest BCUT2D eigenvalue weighted by atomic mass is 10.2. The number of aromatic nitrogens is 3. The minimum atomic E-state index is -0.634. The maximum Gasteiger partial charge on any atom is 0.321 e. The molecule has 2 aromatic heterocycles. The monoisotopic (exact) mass is 411 g/mol. The molecular formula is C20H21N5O3S. The van der Waals surface area contributed by atoms with Crippen LogP contribution in [0.3, 0.4) is 0 Å². The van der Waals surface area contributed by atoms with Gasteiger partial charge in [-0.25, -0.2) is 9.78 Å². The molecule has 1 atom stereocenters. The Kier molecular flexibility index (Phi) is 6.61. The van der Waals surface area contributed by atoms with Crippen molar-refractivity contribution in [3.63, 3.8) is 0 Å². The number of nitrogens with one attached hydrogen (secondary N) is 2. The van der Waals surface area contributed by atoms with Crippen molar-refractivity contribution in [1.82, 2.24) is 25.2 Å². The fraction of sp³-hybridized carbons (Fsp3) is 0.250. The van der Waals surface area contributed by atoms with Crippen LogP contribution in [-0.4, -0.2) is 38.3 Å². The number of carbonyl (C=O) groups excluding carboxylic acids is 2. The molecule has 0 spiro atoms. The largest absolute Gasteiger partial charge is 0.338 e. The molecule has 0 radical (unpaired) electrons. The van der Waals surface area contributed by atoms with Gasteiger partial charge in [-0.3, -0.25) is 24.5 Å². The van der Waals surface area contributed by atoms with Gasteiger partial charge in [0, 0.05) is 18.9 Å². The number of benzene rings is 1. The molecule has 150 valence electrons. The highest BCUT2D eigenvalue weighted by molar-refractivity contribution is 8.00. The molecule has 0 saturated heterocycles. The summed E-state index contributed by atoms with van der Waals surface area (Å²) in [5.41, 5.74) is 1.20. The third-order valence-corrected chi connectivity index (χ3v) is 5.21. The minimum absolute atomic E-state index is 0.196. The van der Waals surface area contributed by atoms with E-state index in [4.69, 9.17) is 0 Å². The van der Waals surface area contributed by atoms with Gasteiger partial charge in [0.2, 0.25) is 5.91 Å². The van der Waals surface area contributed by atoms with Gasteiger partial charge in [-0.1, -0.05) is 30.0 Å². The van der Waals surface area contributed by atoms with Gasteiger partial charge in [0.25, 0.3) is 5.56 Å². The van der Waals surface area contributed by atoms with Crippen molar-refractivity contribution in [2.24, 2.45) is 0 Å². The van der Waals surface area contributed by atoms with Gasteiger partial charge in [-0.15, -0.1) is 0 Å². The molecule has 3 rings (SSSR count). The molecular weight excluding hydrogens is 390 g/mol. The molecule has 9 heteroatoms. The van der Waals surface area contributed by atoms with Gasteiger partial charge >= 0.3 is 6.03 Å². The van der Waals surface area contributed by atoms with Crippen molar-refractivity contribution in [1.29, 1.82) is 0 Å². The van der Waals surface area contributed by atoms with E-state index >= 15 is 0 Å². The highest BCUT2D eigenvalue weighted by Gasteiger charge is 2.21. The fourth-order valence-corrected chi connectivity index (χ4v) is 3.59. The average Bonchev–Trinajstić information content (AvgIpc) is 2.71. The zero-order valence-corrected chi connectivity index (χ0v) is 16.9. The first kappa shape index (κ1) is 20.5. The predicted octanol–water partition coefficient (Wildman–Crippen LogP) is 2.17. The van der Waals surface area contributed by atoms with E-state index in [2.05, 4.69) is 20.6 Å². The Bertz CT molecular complexity index is 1080. The minimum Gasteiger partial charge on any atom is -0.338 e. The lowest BCUT2D eigenvalue weighted by molar-refractivity contribution is -0.119. The fourth-order valence-electron chi connectivity index (χ4n) is 2.68. The average molecular weight is 411 g/mol. The summed E-state index contributed by atoms with van der Waals surface area (Å²) in [6.45, 7) is 4.11. The van der Waals surface area contributed by atoms with Crippen LogP contribution in [0.1, 0.15) is 19.4 Å². The topological polar surface area (TPSA) is 106 Å². The van der Waals surface area contributed by atoms with E-state index in [9.17, 15) is 14.4 Å². The van der Waals surface area contributed by atoms with Crippen LogP contribution < -0.4 is 16.2 Å². The molecule has 0 bridgehead atoms. The highest BCUT2D eigenvalue weighted by atomic mass is 32.2. The Hall–Kier alpha value is -3.20. The third kappa shape index (κ3) is 5.00. The smallest absolute Gasteiger partial charge is 0.321 e. The lowest BCUT2D eigenvalue weighted by Crippen LogP contribution is -2.42. The summed E-state index contributed by atoms with van der Waals surface area (Å²) >= 11 is 1.13. The van der Waals surface area contributed by atoms with Gasteiger partial charge in [0.05, 0.1) is 22.7 Å².